The van der Waals surface area contributed by atoms with Crippen LogP contribution in [0.5, 0.6) is 11.5 Å². The van der Waals surface area contributed by atoms with Gasteiger partial charge in [0.1, 0.15) is 5.82 Å². The van der Waals surface area contributed by atoms with Crippen molar-refractivity contribution in [2.45, 2.75) is 0 Å². The Morgan fingerprint density at radius 3 is 2.20 bits per heavy atom. The van der Waals surface area contributed by atoms with E-state index in [0.717, 1.165) is 0 Å². The number of nitrogens with two attached hydrogens (primary N) is 1. The predicted octanol–water partition coefficient (Wildman–Crippen LogP) is 0.311. The fourth-order valence-electron chi connectivity index (χ4n) is 2.83. The van der Waals surface area contributed by atoms with Gasteiger partial charge in [0.15, 0.2) is 11.5 Å². The molecule has 2 N–H and O–H groups in total. The minimum Gasteiger partial charge on any atom is -0.493 e. The summed E-state index contributed by atoms with van der Waals surface area (Å²) in [5, 5.41) is 0.677. The van der Waals surface area contributed by atoms with Gasteiger partial charge in [0.25, 0.3) is 0 Å². The van der Waals surface area contributed by atoms with E-state index in [1.165, 1.54) is 10.6 Å². The molecule has 1 aliphatic rings. The van der Waals surface area contributed by atoms with Crippen LogP contribution >= 0.6 is 0 Å². The lowest BCUT2D eigenvalue weighted by atomic mass is 10.2. The number of piperazine rings is 1. The van der Waals surface area contributed by atoms with Gasteiger partial charge in [-0.25, -0.2) is 13.4 Å². The molecule has 3 rings (SSSR count). The number of aromatic nitrogens is 2. The van der Waals surface area contributed by atoms with E-state index < -0.39 is 10.0 Å². The molecule has 0 saturated carbocycles. The minimum absolute atomic E-state index is 0.339. The fraction of sp³-hybridized carbons (Fsp3) is 0.467. The zero-order valence-corrected chi connectivity index (χ0v) is 15.2. The quantitative estimate of drug-likeness (QED) is 0.822. The number of nitrogen functional groups attached to an aromatic ring is 1. The summed E-state index contributed by atoms with van der Waals surface area (Å²) in [5.74, 6) is 1.93. The van der Waals surface area contributed by atoms with Crippen molar-refractivity contribution >= 4 is 32.7 Å². The van der Waals surface area contributed by atoms with Crippen LogP contribution < -0.4 is 20.1 Å². The molecule has 9 nitrogen and oxygen atoms in total. The summed E-state index contributed by atoms with van der Waals surface area (Å²) < 4.78 is 35.3. The summed E-state index contributed by atoms with van der Waals surface area (Å²) in [4.78, 5) is 10.9. The van der Waals surface area contributed by atoms with Crippen molar-refractivity contribution in [3.63, 3.8) is 0 Å². The maximum atomic E-state index is 11.6. The monoisotopic (exact) mass is 367 g/mol. The first-order chi connectivity index (χ1) is 11.8. The second kappa shape index (κ2) is 6.52. The van der Waals surface area contributed by atoms with Crippen molar-refractivity contribution in [2.24, 2.45) is 0 Å². The second-order valence-corrected chi connectivity index (χ2v) is 7.76. The summed E-state index contributed by atoms with van der Waals surface area (Å²) in [6.45, 7) is 1.80. The summed E-state index contributed by atoms with van der Waals surface area (Å²) in [6, 6.07) is 3.50. The van der Waals surface area contributed by atoms with Crippen LogP contribution in [-0.2, 0) is 10.0 Å². The Labute approximate surface area is 146 Å². The van der Waals surface area contributed by atoms with E-state index >= 15 is 0 Å². The molecule has 0 radical (unpaired) electrons. The molecule has 1 saturated heterocycles. The van der Waals surface area contributed by atoms with Crippen molar-refractivity contribution in [3.05, 3.63) is 12.1 Å². The van der Waals surface area contributed by atoms with E-state index in [9.17, 15) is 8.42 Å². The zero-order valence-electron chi connectivity index (χ0n) is 14.4. The normalized spacial score (nSPS) is 16.2. The largest absolute Gasteiger partial charge is 0.493 e. The van der Waals surface area contributed by atoms with Gasteiger partial charge in [-0.1, -0.05) is 0 Å². The minimum atomic E-state index is -3.18. The maximum absolute atomic E-state index is 11.6. The molecule has 2 heterocycles. The van der Waals surface area contributed by atoms with Gasteiger partial charge in [-0.15, -0.1) is 0 Å². The third-order valence-corrected chi connectivity index (χ3v) is 5.51. The Morgan fingerprint density at radius 1 is 1.04 bits per heavy atom. The number of rotatable bonds is 4. The molecule has 1 fully saturated rings. The first-order valence-corrected chi connectivity index (χ1v) is 9.57. The third kappa shape index (κ3) is 3.40. The van der Waals surface area contributed by atoms with Gasteiger partial charge < -0.3 is 20.1 Å². The van der Waals surface area contributed by atoms with Crippen LogP contribution in [0.15, 0.2) is 12.1 Å². The molecule has 0 atom stereocenters. The maximum Gasteiger partial charge on any atom is 0.227 e. The number of nitrogens with zero attached hydrogens (tertiary/aromatic N) is 4. The molecule has 0 spiro atoms. The van der Waals surface area contributed by atoms with E-state index in [1.807, 2.05) is 4.90 Å². The van der Waals surface area contributed by atoms with Crippen LogP contribution in [0.2, 0.25) is 0 Å². The van der Waals surface area contributed by atoms with Crippen molar-refractivity contribution in [1.82, 2.24) is 14.3 Å². The summed E-state index contributed by atoms with van der Waals surface area (Å²) >= 11 is 0. The Morgan fingerprint density at radius 2 is 1.64 bits per heavy atom. The molecule has 25 heavy (non-hydrogen) atoms. The Hall–Kier alpha value is -2.33. The Kier molecular flexibility index (Phi) is 4.56. The lowest BCUT2D eigenvalue weighted by molar-refractivity contribution is 0.356. The molecule has 2 aromatic rings. The van der Waals surface area contributed by atoms with Gasteiger partial charge in [-0.05, 0) is 6.07 Å². The van der Waals surface area contributed by atoms with Gasteiger partial charge in [-0.2, -0.15) is 9.29 Å². The van der Waals surface area contributed by atoms with Gasteiger partial charge in [0.2, 0.25) is 16.0 Å². The van der Waals surface area contributed by atoms with Gasteiger partial charge in [0, 0.05) is 37.6 Å². The highest BCUT2D eigenvalue weighted by Crippen LogP contribution is 2.34. The van der Waals surface area contributed by atoms with Gasteiger partial charge in [0.05, 0.1) is 26.0 Å². The summed E-state index contributed by atoms with van der Waals surface area (Å²) in [5.41, 5.74) is 6.74. The predicted molar refractivity (Wildman–Crippen MR) is 95.7 cm³/mol. The summed E-state index contributed by atoms with van der Waals surface area (Å²) in [6.07, 6.45) is 1.22. The molecule has 1 aromatic carbocycles. The highest BCUT2D eigenvalue weighted by atomic mass is 32.2. The van der Waals surface area contributed by atoms with E-state index in [-0.39, 0.29) is 0 Å². The second-order valence-electron chi connectivity index (χ2n) is 5.78. The number of ether oxygens (including phenoxy) is 2. The molecule has 0 bridgehead atoms. The SMILES string of the molecule is COc1cc2nc(N3CCN(S(C)(=O)=O)CC3)nc(N)c2cc1OC. The molecule has 0 aliphatic carbocycles. The Balaban J connectivity index is 1.93. The first-order valence-electron chi connectivity index (χ1n) is 7.73. The van der Waals surface area contributed by atoms with Crippen LogP contribution in [0.4, 0.5) is 11.8 Å². The fourth-order valence-corrected chi connectivity index (χ4v) is 3.65. The number of hydrogen-bond donors (Lipinski definition) is 1. The molecule has 0 unspecified atom stereocenters. The number of hydrogen-bond acceptors (Lipinski definition) is 8. The van der Waals surface area contributed by atoms with Crippen molar-refractivity contribution in [2.75, 3.05) is 57.3 Å². The molecule has 1 aliphatic heterocycles. The zero-order chi connectivity index (χ0) is 18.2. The highest BCUT2D eigenvalue weighted by Gasteiger charge is 2.25. The topological polar surface area (TPSA) is 111 Å². The standard InChI is InChI=1S/C15H21N5O4S/c1-23-12-8-10-11(9-13(12)24-2)17-15(18-14(10)16)19-4-6-20(7-5-19)25(3,21)22/h8-9H,4-7H2,1-3H3,(H2,16,17,18). The van der Waals surface area contributed by atoms with Crippen molar-refractivity contribution in [1.29, 1.82) is 0 Å². The smallest absolute Gasteiger partial charge is 0.227 e. The van der Waals surface area contributed by atoms with E-state index in [1.54, 1.807) is 26.4 Å². The van der Waals surface area contributed by atoms with Crippen LogP contribution in [0.25, 0.3) is 10.9 Å². The van der Waals surface area contributed by atoms with Crippen LogP contribution in [0.1, 0.15) is 0 Å². The molecular weight excluding hydrogens is 346 g/mol. The number of anilines is 2. The number of sulfonamides is 1. The average Bonchev–Trinajstić information content (AvgIpc) is 2.60. The van der Waals surface area contributed by atoms with Gasteiger partial charge >= 0.3 is 0 Å². The van der Waals surface area contributed by atoms with E-state index in [2.05, 4.69) is 9.97 Å². The number of benzene rings is 1. The summed E-state index contributed by atoms with van der Waals surface area (Å²) in [7, 11) is -0.0732. The molecule has 0 amide bonds. The van der Waals surface area contributed by atoms with Crippen LogP contribution in [0.3, 0.4) is 0 Å². The lowest BCUT2D eigenvalue weighted by Gasteiger charge is -2.33. The van der Waals surface area contributed by atoms with Crippen molar-refractivity contribution in [3.8, 4) is 11.5 Å². The molecule has 10 heteroatoms. The molecule has 1 aromatic heterocycles. The molecular formula is C15H21N5O4S. The average molecular weight is 367 g/mol. The van der Waals surface area contributed by atoms with Gasteiger partial charge in [-0.3, -0.25) is 0 Å². The lowest BCUT2D eigenvalue weighted by Crippen LogP contribution is -2.48. The first kappa shape index (κ1) is 17.5. The number of fused-ring (bicyclic) bond motifs is 1. The number of methoxy groups -OCH3 is 2. The Bertz CT molecular complexity index is 894. The van der Waals surface area contributed by atoms with Crippen LogP contribution in [0, 0.1) is 0 Å². The van der Waals surface area contributed by atoms with Crippen LogP contribution in [-0.4, -0.2) is 69.3 Å². The van der Waals surface area contributed by atoms with E-state index in [0.29, 0.717) is 60.3 Å². The van der Waals surface area contributed by atoms with E-state index in [4.69, 9.17) is 15.2 Å². The highest BCUT2D eigenvalue weighted by molar-refractivity contribution is 7.88. The van der Waals surface area contributed by atoms with Crippen molar-refractivity contribution < 1.29 is 17.9 Å². The third-order valence-electron chi connectivity index (χ3n) is 4.21. The molecule has 136 valence electrons.